The molecule has 1 saturated heterocycles. The van der Waals surface area contributed by atoms with Crippen molar-refractivity contribution < 1.29 is 0 Å². The van der Waals surface area contributed by atoms with Crippen LogP contribution in [0.25, 0.3) is 0 Å². The lowest BCUT2D eigenvalue weighted by atomic mass is 10.1. The standard InChI is InChI=1S/C21H29N3/c1-17(2)23-11-13-24(14-12-23)21-9-7-20(8-10-21)22-16-19-6-4-5-18(3)15-19/h4-10,15,17,22H,11-14,16H2,1-3H3. The van der Waals surface area contributed by atoms with Crippen molar-refractivity contribution in [3.63, 3.8) is 0 Å². The van der Waals surface area contributed by atoms with Crippen LogP contribution in [0.2, 0.25) is 0 Å². The zero-order chi connectivity index (χ0) is 16.9. The maximum absolute atomic E-state index is 3.51. The Balaban J connectivity index is 1.54. The van der Waals surface area contributed by atoms with Gasteiger partial charge in [0.1, 0.15) is 0 Å². The first-order chi connectivity index (χ1) is 11.6. The van der Waals surface area contributed by atoms with Crippen LogP contribution in [0.1, 0.15) is 25.0 Å². The largest absolute Gasteiger partial charge is 0.381 e. The molecule has 0 atom stereocenters. The average Bonchev–Trinajstić information content (AvgIpc) is 2.61. The summed E-state index contributed by atoms with van der Waals surface area (Å²) in [5, 5.41) is 3.51. The second kappa shape index (κ2) is 7.71. The number of aryl methyl sites for hydroxylation is 1. The summed E-state index contributed by atoms with van der Waals surface area (Å²) in [4.78, 5) is 5.04. The third-order valence-electron chi connectivity index (χ3n) is 4.86. The summed E-state index contributed by atoms with van der Waals surface area (Å²) in [6.45, 7) is 12.1. The third kappa shape index (κ3) is 4.30. The Morgan fingerprint density at radius 1 is 0.958 bits per heavy atom. The van der Waals surface area contributed by atoms with Crippen LogP contribution in [0.3, 0.4) is 0 Å². The van der Waals surface area contributed by atoms with Crippen LogP contribution in [-0.4, -0.2) is 37.1 Å². The Labute approximate surface area is 146 Å². The molecule has 2 aromatic rings. The maximum Gasteiger partial charge on any atom is 0.0400 e. The molecule has 0 aromatic heterocycles. The quantitative estimate of drug-likeness (QED) is 0.892. The number of nitrogens with zero attached hydrogens (tertiary/aromatic N) is 2. The molecular formula is C21H29N3. The van der Waals surface area contributed by atoms with Crippen LogP contribution in [-0.2, 0) is 6.54 Å². The van der Waals surface area contributed by atoms with Crippen molar-refractivity contribution >= 4 is 11.4 Å². The van der Waals surface area contributed by atoms with Gasteiger partial charge in [0.2, 0.25) is 0 Å². The predicted octanol–water partition coefficient (Wildman–Crippen LogP) is 4.14. The van der Waals surface area contributed by atoms with Crippen molar-refractivity contribution in [1.82, 2.24) is 4.90 Å². The summed E-state index contributed by atoms with van der Waals surface area (Å²) in [5.74, 6) is 0. The molecule has 0 unspecified atom stereocenters. The van der Waals surface area contributed by atoms with E-state index in [1.807, 2.05) is 0 Å². The molecule has 1 N–H and O–H groups in total. The molecule has 3 heteroatoms. The molecule has 1 aliphatic rings. The van der Waals surface area contributed by atoms with Crippen LogP contribution in [0.15, 0.2) is 48.5 Å². The Hall–Kier alpha value is -2.00. The Morgan fingerprint density at radius 2 is 1.67 bits per heavy atom. The van der Waals surface area contributed by atoms with Gasteiger partial charge in [-0.15, -0.1) is 0 Å². The molecule has 3 nitrogen and oxygen atoms in total. The molecule has 24 heavy (non-hydrogen) atoms. The number of piperazine rings is 1. The van der Waals surface area contributed by atoms with Crippen LogP contribution < -0.4 is 10.2 Å². The highest BCUT2D eigenvalue weighted by Crippen LogP contribution is 2.20. The van der Waals surface area contributed by atoms with E-state index in [0.717, 1.165) is 32.7 Å². The highest BCUT2D eigenvalue weighted by atomic mass is 15.3. The lowest BCUT2D eigenvalue weighted by Crippen LogP contribution is -2.48. The van der Waals surface area contributed by atoms with Gasteiger partial charge in [0.05, 0.1) is 0 Å². The van der Waals surface area contributed by atoms with Gasteiger partial charge < -0.3 is 10.2 Å². The molecule has 0 amide bonds. The first-order valence-electron chi connectivity index (χ1n) is 9.00. The summed E-state index contributed by atoms with van der Waals surface area (Å²) >= 11 is 0. The van der Waals surface area contributed by atoms with Crippen LogP contribution >= 0.6 is 0 Å². The topological polar surface area (TPSA) is 18.5 Å². The van der Waals surface area contributed by atoms with Gasteiger partial charge in [-0.25, -0.2) is 0 Å². The molecule has 3 rings (SSSR count). The summed E-state index contributed by atoms with van der Waals surface area (Å²) in [6, 6.07) is 18.2. The first kappa shape index (κ1) is 16.8. The second-order valence-corrected chi connectivity index (χ2v) is 7.01. The fraction of sp³-hybridized carbons (Fsp3) is 0.429. The van der Waals surface area contributed by atoms with Crippen LogP contribution in [0.4, 0.5) is 11.4 Å². The van der Waals surface area contributed by atoms with Gasteiger partial charge in [-0.2, -0.15) is 0 Å². The van der Waals surface area contributed by atoms with Gasteiger partial charge in [0.15, 0.2) is 0 Å². The minimum Gasteiger partial charge on any atom is -0.381 e. The monoisotopic (exact) mass is 323 g/mol. The first-order valence-corrected chi connectivity index (χ1v) is 9.00. The van der Waals surface area contributed by atoms with Gasteiger partial charge in [0, 0.05) is 50.1 Å². The molecule has 128 valence electrons. The molecular weight excluding hydrogens is 294 g/mol. The molecule has 1 heterocycles. The Bertz CT molecular complexity index is 640. The number of benzene rings is 2. The van der Waals surface area contributed by atoms with E-state index in [1.165, 1.54) is 22.5 Å². The van der Waals surface area contributed by atoms with Gasteiger partial charge >= 0.3 is 0 Å². The molecule has 0 aliphatic carbocycles. The van der Waals surface area contributed by atoms with Crippen molar-refractivity contribution in [3.8, 4) is 0 Å². The molecule has 0 radical (unpaired) electrons. The van der Waals surface area contributed by atoms with E-state index in [-0.39, 0.29) is 0 Å². The molecule has 0 saturated carbocycles. The van der Waals surface area contributed by atoms with E-state index in [1.54, 1.807) is 0 Å². The molecule has 0 bridgehead atoms. The van der Waals surface area contributed by atoms with Crippen molar-refractivity contribution in [1.29, 1.82) is 0 Å². The minimum absolute atomic E-state index is 0.653. The molecule has 1 aliphatic heterocycles. The smallest absolute Gasteiger partial charge is 0.0400 e. The van der Waals surface area contributed by atoms with E-state index < -0.39 is 0 Å². The van der Waals surface area contributed by atoms with Crippen molar-refractivity contribution in [3.05, 3.63) is 59.7 Å². The van der Waals surface area contributed by atoms with Crippen molar-refractivity contribution in [2.45, 2.75) is 33.4 Å². The van der Waals surface area contributed by atoms with E-state index in [9.17, 15) is 0 Å². The normalized spacial score (nSPS) is 15.8. The van der Waals surface area contributed by atoms with Crippen LogP contribution in [0.5, 0.6) is 0 Å². The summed E-state index contributed by atoms with van der Waals surface area (Å²) in [5.41, 5.74) is 5.15. The van der Waals surface area contributed by atoms with E-state index >= 15 is 0 Å². The zero-order valence-electron chi connectivity index (χ0n) is 15.1. The van der Waals surface area contributed by atoms with Crippen molar-refractivity contribution in [2.75, 3.05) is 36.4 Å². The third-order valence-corrected chi connectivity index (χ3v) is 4.86. The highest BCUT2D eigenvalue weighted by Gasteiger charge is 2.18. The Kier molecular flexibility index (Phi) is 5.41. The number of hydrogen-bond donors (Lipinski definition) is 1. The highest BCUT2D eigenvalue weighted by molar-refractivity contribution is 5.55. The minimum atomic E-state index is 0.653. The van der Waals surface area contributed by atoms with Crippen LogP contribution in [0, 0.1) is 6.92 Å². The van der Waals surface area contributed by atoms with E-state index in [4.69, 9.17) is 0 Å². The van der Waals surface area contributed by atoms with Gasteiger partial charge in [-0.05, 0) is 50.6 Å². The van der Waals surface area contributed by atoms with E-state index in [0.29, 0.717) is 6.04 Å². The number of rotatable bonds is 5. The predicted molar refractivity (Wildman–Crippen MR) is 104 cm³/mol. The fourth-order valence-corrected chi connectivity index (χ4v) is 3.31. The van der Waals surface area contributed by atoms with Crippen molar-refractivity contribution in [2.24, 2.45) is 0 Å². The molecule has 0 spiro atoms. The summed E-state index contributed by atoms with van der Waals surface area (Å²) < 4.78 is 0. The summed E-state index contributed by atoms with van der Waals surface area (Å²) in [7, 11) is 0. The van der Waals surface area contributed by atoms with E-state index in [2.05, 4.69) is 84.4 Å². The second-order valence-electron chi connectivity index (χ2n) is 7.01. The number of nitrogens with one attached hydrogen (secondary N) is 1. The Morgan fingerprint density at radius 3 is 2.29 bits per heavy atom. The molecule has 2 aromatic carbocycles. The van der Waals surface area contributed by atoms with Gasteiger partial charge in [-0.1, -0.05) is 29.8 Å². The van der Waals surface area contributed by atoms with Gasteiger partial charge in [0.25, 0.3) is 0 Å². The lowest BCUT2D eigenvalue weighted by molar-refractivity contribution is 0.209. The maximum atomic E-state index is 3.51. The SMILES string of the molecule is Cc1cccc(CNc2ccc(N3CCN(C(C)C)CC3)cc2)c1. The number of hydrogen-bond acceptors (Lipinski definition) is 3. The number of anilines is 2. The zero-order valence-corrected chi connectivity index (χ0v) is 15.1. The van der Waals surface area contributed by atoms with Gasteiger partial charge in [-0.3, -0.25) is 4.90 Å². The summed E-state index contributed by atoms with van der Waals surface area (Å²) in [6.07, 6.45) is 0. The average molecular weight is 323 g/mol. The molecule has 1 fully saturated rings. The fourth-order valence-electron chi connectivity index (χ4n) is 3.31. The lowest BCUT2D eigenvalue weighted by Gasteiger charge is -2.38.